The zero-order valence-electron chi connectivity index (χ0n) is 9.48. The molecule has 0 N–H and O–H groups in total. The Labute approximate surface area is 82.3 Å². The molecule has 2 nitrogen and oxygen atoms in total. The van der Waals surface area contributed by atoms with Crippen LogP contribution in [0.1, 0.15) is 47.0 Å². The minimum atomic E-state index is 0.178. The van der Waals surface area contributed by atoms with Crippen molar-refractivity contribution in [3.8, 4) is 0 Å². The molecule has 1 heterocycles. The largest absolute Gasteiger partial charge is 0.355 e. The molecule has 0 aliphatic carbocycles. The number of nitrogens with zero attached hydrogens (tertiary/aromatic N) is 1. The molecule has 0 bridgehead atoms. The Bertz CT molecular complexity index is 159. The number of rotatable bonds is 2. The monoisotopic (exact) mass is 183 g/mol. The molecule has 1 rings (SSSR count). The highest BCUT2D eigenvalue weighted by Gasteiger charge is 2.41. The van der Waals surface area contributed by atoms with E-state index in [-0.39, 0.29) is 11.1 Å². The van der Waals surface area contributed by atoms with Crippen LogP contribution in [0.15, 0.2) is 0 Å². The molecule has 0 amide bonds. The number of piperidine rings is 1. The Hall–Kier alpha value is -0.0800. The van der Waals surface area contributed by atoms with E-state index < -0.39 is 0 Å². The lowest BCUT2D eigenvalue weighted by molar-refractivity contribution is -0.0499. The maximum Gasteiger partial charge on any atom is 0.218 e. The van der Waals surface area contributed by atoms with Crippen molar-refractivity contribution in [3.63, 3.8) is 0 Å². The average molecular weight is 183 g/mol. The topological polar surface area (TPSA) is 12.5 Å². The van der Waals surface area contributed by atoms with Gasteiger partial charge >= 0.3 is 0 Å². The van der Waals surface area contributed by atoms with Gasteiger partial charge in [-0.1, -0.05) is 0 Å². The van der Waals surface area contributed by atoms with Crippen molar-refractivity contribution in [3.05, 3.63) is 6.73 Å². The van der Waals surface area contributed by atoms with Crippen molar-refractivity contribution in [2.45, 2.75) is 58.0 Å². The van der Waals surface area contributed by atoms with Crippen molar-refractivity contribution in [1.82, 2.24) is 4.90 Å². The summed E-state index contributed by atoms with van der Waals surface area (Å²) in [6.45, 7) is 12.0. The van der Waals surface area contributed by atoms with Gasteiger partial charge in [-0.15, -0.1) is 0 Å². The van der Waals surface area contributed by atoms with Gasteiger partial charge in [0.25, 0.3) is 0 Å². The molecule has 2 heteroatoms. The summed E-state index contributed by atoms with van der Waals surface area (Å²) in [5.74, 6) is 0. The molecule has 1 saturated heterocycles. The molecule has 0 saturated carbocycles. The first-order valence-electron chi connectivity index (χ1n) is 4.99. The molecule has 1 aliphatic heterocycles. The Morgan fingerprint density at radius 1 is 1.08 bits per heavy atom. The number of hydrogen-bond acceptors (Lipinski definition) is 2. The molecule has 0 unspecified atom stereocenters. The normalized spacial score (nSPS) is 27.5. The third-order valence-electron chi connectivity index (χ3n) is 2.97. The van der Waals surface area contributed by atoms with Crippen LogP contribution in [0.2, 0.25) is 0 Å². The third kappa shape index (κ3) is 2.23. The summed E-state index contributed by atoms with van der Waals surface area (Å²) in [5, 5.41) is 0. The fraction of sp³-hybridized carbons (Fsp3) is 0.909. The molecular formula is C11H21NO. The molecule has 0 aromatic heterocycles. The van der Waals surface area contributed by atoms with Crippen LogP contribution in [0.4, 0.5) is 0 Å². The van der Waals surface area contributed by atoms with E-state index in [1.807, 2.05) is 0 Å². The van der Waals surface area contributed by atoms with Crippen LogP contribution >= 0.6 is 0 Å². The molecule has 13 heavy (non-hydrogen) atoms. The number of likely N-dealkylation sites (tertiary alicyclic amines) is 1. The van der Waals surface area contributed by atoms with E-state index in [9.17, 15) is 0 Å². The van der Waals surface area contributed by atoms with Crippen molar-refractivity contribution in [2.24, 2.45) is 0 Å². The van der Waals surface area contributed by atoms with Crippen LogP contribution in [0.25, 0.3) is 0 Å². The van der Waals surface area contributed by atoms with E-state index in [1.54, 1.807) is 7.11 Å². The molecule has 0 atom stereocenters. The molecular weight excluding hydrogens is 162 g/mol. The van der Waals surface area contributed by atoms with E-state index >= 15 is 0 Å². The first kappa shape index (κ1) is 11.0. The smallest absolute Gasteiger partial charge is 0.218 e. The average Bonchev–Trinajstić information content (AvgIpc) is 1.96. The van der Waals surface area contributed by atoms with Gasteiger partial charge in [-0.05, 0) is 47.0 Å². The second-order valence-corrected chi connectivity index (χ2v) is 5.11. The van der Waals surface area contributed by atoms with Crippen LogP contribution in [0.5, 0.6) is 0 Å². The molecule has 0 aromatic rings. The van der Waals surface area contributed by atoms with Crippen LogP contribution in [-0.4, -0.2) is 23.1 Å². The highest BCUT2D eigenvalue weighted by molar-refractivity contribution is 4.98. The van der Waals surface area contributed by atoms with E-state index in [4.69, 9.17) is 4.74 Å². The van der Waals surface area contributed by atoms with Gasteiger partial charge in [0.2, 0.25) is 6.73 Å². The van der Waals surface area contributed by atoms with Gasteiger partial charge in [-0.2, -0.15) is 0 Å². The molecule has 1 aliphatic rings. The van der Waals surface area contributed by atoms with Crippen LogP contribution in [-0.2, 0) is 4.74 Å². The summed E-state index contributed by atoms with van der Waals surface area (Å²) in [6, 6.07) is 0. The highest BCUT2D eigenvalue weighted by atomic mass is 16.5. The quantitative estimate of drug-likeness (QED) is 0.652. The first-order valence-corrected chi connectivity index (χ1v) is 4.99. The zero-order valence-corrected chi connectivity index (χ0v) is 9.48. The fourth-order valence-electron chi connectivity index (χ4n) is 2.33. The first-order chi connectivity index (χ1) is 5.90. The van der Waals surface area contributed by atoms with Crippen molar-refractivity contribution < 1.29 is 4.74 Å². The molecule has 1 fully saturated rings. The second-order valence-electron chi connectivity index (χ2n) is 5.11. The summed E-state index contributed by atoms with van der Waals surface area (Å²) in [4.78, 5) is 2.23. The van der Waals surface area contributed by atoms with E-state index in [2.05, 4.69) is 39.3 Å². The minimum absolute atomic E-state index is 0.178. The van der Waals surface area contributed by atoms with Gasteiger partial charge in [0.15, 0.2) is 0 Å². The van der Waals surface area contributed by atoms with Crippen LogP contribution in [0.3, 0.4) is 0 Å². The Balaban J connectivity index is 2.78. The summed E-state index contributed by atoms with van der Waals surface area (Å²) in [6.07, 6.45) is 3.72. The molecule has 2 radical (unpaired) electrons. The highest BCUT2D eigenvalue weighted by Crippen LogP contribution is 2.38. The standard InChI is InChI=1S/C11H21NO/c1-10(2)7-6-8-11(3,4)12(10)9-13-5/h6-8H2,1-5H3. The minimum Gasteiger partial charge on any atom is -0.355 e. The predicted octanol–water partition coefficient (Wildman–Crippen LogP) is 2.67. The number of ether oxygens (including phenoxy) is 1. The van der Waals surface area contributed by atoms with Gasteiger partial charge < -0.3 is 4.74 Å². The lowest BCUT2D eigenvalue weighted by atomic mass is 9.80. The lowest BCUT2D eigenvalue weighted by Gasteiger charge is -2.51. The van der Waals surface area contributed by atoms with Crippen molar-refractivity contribution in [1.29, 1.82) is 0 Å². The van der Waals surface area contributed by atoms with Gasteiger partial charge in [0, 0.05) is 18.2 Å². The summed E-state index contributed by atoms with van der Waals surface area (Å²) >= 11 is 0. The molecule has 76 valence electrons. The Morgan fingerprint density at radius 3 is 1.92 bits per heavy atom. The maximum atomic E-state index is 5.03. The summed E-state index contributed by atoms with van der Waals surface area (Å²) < 4.78 is 5.03. The SMILES string of the molecule is CO[C]N1C(C)(C)CCCC1(C)C. The van der Waals surface area contributed by atoms with Crippen LogP contribution < -0.4 is 0 Å². The Morgan fingerprint density at radius 2 is 1.54 bits per heavy atom. The number of methoxy groups -OCH3 is 1. The molecule has 0 aromatic carbocycles. The van der Waals surface area contributed by atoms with Crippen LogP contribution in [0, 0.1) is 6.73 Å². The zero-order chi connectivity index (χ0) is 10.1. The van der Waals surface area contributed by atoms with Gasteiger partial charge in [0.05, 0.1) is 0 Å². The molecule has 0 spiro atoms. The van der Waals surface area contributed by atoms with E-state index in [0.717, 1.165) is 0 Å². The second kappa shape index (κ2) is 3.58. The van der Waals surface area contributed by atoms with Crippen molar-refractivity contribution in [2.75, 3.05) is 7.11 Å². The summed E-state index contributed by atoms with van der Waals surface area (Å²) in [5.41, 5.74) is 0.357. The number of hydrogen-bond donors (Lipinski definition) is 0. The van der Waals surface area contributed by atoms with Gasteiger partial charge in [0.1, 0.15) is 0 Å². The van der Waals surface area contributed by atoms with E-state index in [0.29, 0.717) is 0 Å². The van der Waals surface area contributed by atoms with E-state index in [1.165, 1.54) is 19.3 Å². The fourth-order valence-corrected chi connectivity index (χ4v) is 2.33. The predicted molar refractivity (Wildman–Crippen MR) is 54.1 cm³/mol. The maximum absolute atomic E-state index is 5.03. The van der Waals surface area contributed by atoms with Crippen molar-refractivity contribution >= 4 is 0 Å². The van der Waals surface area contributed by atoms with Gasteiger partial charge in [-0.25, -0.2) is 0 Å². The summed E-state index contributed by atoms with van der Waals surface area (Å²) in [7, 11) is 1.67. The lowest BCUT2D eigenvalue weighted by Crippen LogP contribution is -2.57. The third-order valence-corrected chi connectivity index (χ3v) is 2.97. The van der Waals surface area contributed by atoms with Gasteiger partial charge in [-0.3, -0.25) is 4.90 Å². The Kier molecular flexibility index (Phi) is 3.03.